The van der Waals surface area contributed by atoms with E-state index in [4.69, 9.17) is 11.6 Å². The maximum atomic E-state index is 13.6. The summed E-state index contributed by atoms with van der Waals surface area (Å²) in [7, 11) is 3.92. The second kappa shape index (κ2) is 7.97. The molecule has 1 fully saturated rings. The number of piperidine rings is 1. The van der Waals surface area contributed by atoms with Crippen molar-refractivity contribution in [2.75, 3.05) is 37.4 Å². The van der Waals surface area contributed by atoms with E-state index in [0.717, 1.165) is 49.7 Å². The van der Waals surface area contributed by atoms with Gasteiger partial charge in [0.05, 0.1) is 5.02 Å². The van der Waals surface area contributed by atoms with Crippen molar-refractivity contribution in [3.63, 3.8) is 0 Å². The van der Waals surface area contributed by atoms with Gasteiger partial charge in [-0.3, -0.25) is 4.90 Å². The fourth-order valence-electron chi connectivity index (χ4n) is 3.09. The predicted octanol–water partition coefficient (Wildman–Crippen LogP) is 3.41. The molecule has 0 aliphatic carbocycles. The quantitative estimate of drug-likeness (QED) is 0.881. The van der Waals surface area contributed by atoms with Crippen LogP contribution in [0.15, 0.2) is 30.6 Å². The molecule has 0 radical (unpaired) electrons. The Hall–Kier alpha value is -1.92. The van der Waals surface area contributed by atoms with Crippen LogP contribution in [0, 0.1) is 5.82 Å². The second-order valence-corrected chi connectivity index (χ2v) is 7.03. The molecule has 0 bridgehead atoms. The van der Waals surface area contributed by atoms with Crippen molar-refractivity contribution in [1.82, 2.24) is 14.9 Å². The molecule has 25 heavy (non-hydrogen) atoms. The highest BCUT2D eigenvalue weighted by atomic mass is 35.5. The lowest BCUT2D eigenvalue weighted by Gasteiger charge is -2.33. The van der Waals surface area contributed by atoms with Crippen LogP contribution >= 0.6 is 11.6 Å². The Morgan fingerprint density at radius 3 is 2.92 bits per heavy atom. The average molecular weight is 364 g/mol. The van der Waals surface area contributed by atoms with Crippen LogP contribution in [-0.4, -0.2) is 48.1 Å². The molecular formula is C18H23ClFN5. The Morgan fingerprint density at radius 2 is 2.16 bits per heavy atom. The molecule has 0 saturated carbocycles. The van der Waals surface area contributed by atoms with Crippen molar-refractivity contribution in [1.29, 1.82) is 0 Å². The molecule has 1 aliphatic heterocycles. The SMILES string of the molecule is CN(C)c1cc(NC2CCCN(Cc3ccc(Cl)c(F)c3)C2)ncn1. The molecule has 5 nitrogen and oxygen atoms in total. The number of hydrogen-bond donors (Lipinski definition) is 1. The van der Waals surface area contributed by atoms with Gasteiger partial charge in [0.2, 0.25) is 0 Å². The lowest BCUT2D eigenvalue weighted by molar-refractivity contribution is 0.208. The van der Waals surface area contributed by atoms with Crippen LogP contribution in [-0.2, 0) is 6.54 Å². The van der Waals surface area contributed by atoms with Gasteiger partial charge in [-0.25, -0.2) is 14.4 Å². The lowest BCUT2D eigenvalue weighted by Crippen LogP contribution is -2.41. The van der Waals surface area contributed by atoms with E-state index in [1.165, 1.54) is 6.07 Å². The zero-order valence-electron chi connectivity index (χ0n) is 14.5. The van der Waals surface area contributed by atoms with E-state index in [-0.39, 0.29) is 10.8 Å². The molecule has 2 heterocycles. The van der Waals surface area contributed by atoms with Crippen LogP contribution in [0.2, 0.25) is 5.02 Å². The summed E-state index contributed by atoms with van der Waals surface area (Å²) in [6, 6.07) is 7.29. The zero-order chi connectivity index (χ0) is 17.8. The van der Waals surface area contributed by atoms with E-state index in [2.05, 4.69) is 20.2 Å². The highest BCUT2D eigenvalue weighted by Crippen LogP contribution is 2.20. The minimum absolute atomic E-state index is 0.169. The number of nitrogens with one attached hydrogen (secondary N) is 1. The molecule has 1 aromatic heterocycles. The highest BCUT2D eigenvalue weighted by molar-refractivity contribution is 6.30. The standard InChI is InChI=1S/C18H23ClFN5/c1-24(2)18-9-17(21-12-22-18)23-14-4-3-7-25(11-14)10-13-5-6-15(19)16(20)8-13/h5-6,8-9,12,14H,3-4,7,10-11H2,1-2H3,(H,21,22,23). The Labute approximate surface area is 152 Å². The number of aromatic nitrogens is 2. The molecule has 1 saturated heterocycles. The maximum absolute atomic E-state index is 13.6. The van der Waals surface area contributed by atoms with Crippen LogP contribution in [0.25, 0.3) is 0 Å². The molecule has 1 atom stereocenters. The van der Waals surface area contributed by atoms with Gasteiger partial charge in [0.25, 0.3) is 0 Å². The summed E-state index contributed by atoms with van der Waals surface area (Å²) in [5.74, 6) is 1.35. The van der Waals surface area contributed by atoms with Crippen molar-refractivity contribution in [2.24, 2.45) is 0 Å². The Balaban J connectivity index is 1.61. The molecule has 3 rings (SSSR count). The Morgan fingerprint density at radius 1 is 1.32 bits per heavy atom. The van der Waals surface area contributed by atoms with Gasteiger partial charge in [0.15, 0.2) is 0 Å². The molecule has 0 amide bonds. The second-order valence-electron chi connectivity index (χ2n) is 6.62. The van der Waals surface area contributed by atoms with Crippen molar-refractivity contribution in [3.8, 4) is 0 Å². The van der Waals surface area contributed by atoms with Crippen LogP contribution in [0.4, 0.5) is 16.0 Å². The van der Waals surface area contributed by atoms with E-state index in [0.29, 0.717) is 6.04 Å². The monoisotopic (exact) mass is 363 g/mol. The third kappa shape index (κ3) is 4.80. The molecule has 2 aromatic rings. The van der Waals surface area contributed by atoms with Gasteiger partial charge < -0.3 is 10.2 Å². The lowest BCUT2D eigenvalue weighted by atomic mass is 10.0. The Kier molecular flexibility index (Phi) is 5.71. The van der Waals surface area contributed by atoms with Gasteiger partial charge in [-0.15, -0.1) is 0 Å². The third-order valence-electron chi connectivity index (χ3n) is 4.36. The summed E-state index contributed by atoms with van der Waals surface area (Å²) in [5, 5.41) is 3.67. The van der Waals surface area contributed by atoms with Crippen molar-refractivity contribution in [2.45, 2.75) is 25.4 Å². The summed E-state index contributed by atoms with van der Waals surface area (Å²) < 4.78 is 13.6. The minimum Gasteiger partial charge on any atom is -0.366 e. The molecule has 0 spiro atoms. The molecule has 1 aromatic carbocycles. The molecular weight excluding hydrogens is 341 g/mol. The summed E-state index contributed by atoms with van der Waals surface area (Å²) in [4.78, 5) is 12.8. The molecule has 7 heteroatoms. The van der Waals surface area contributed by atoms with Gasteiger partial charge in [0.1, 0.15) is 23.8 Å². The predicted molar refractivity (Wildman–Crippen MR) is 99.7 cm³/mol. The average Bonchev–Trinajstić information content (AvgIpc) is 2.59. The van der Waals surface area contributed by atoms with Crippen LogP contribution in [0.1, 0.15) is 18.4 Å². The highest BCUT2D eigenvalue weighted by Gasteiger charge is 2.20. The largest absolute Gasteiger partial charge is 0.366 e. The summed E-state index contributed by atoms with van der Waals surface area (Å²) >= 11 is 5.76. The van der Waals surface area contributed by atoms with Gasteiger partial charge in [-0.1, -0.05) is 17.7 Å². The van der Waals surface area contributed by atoms with Crippen molar-refractivity contribution >= 4 is 23.2 Å². The van der Waals surface area contributed by atoms with E-state index < -0.39 is 0 Å². The fourth-order valence-corrected chi connectivity index (χ4v) is 3.21. The number of hydrogen-bond acceptors (Lipinski definition) is 5. The van der Waals surface area contributed by atoms with Gasteiger partial charge in [-0.2, -0.15) is 0 Å². The van der Waals surface area contributed by atoms with Crippen LogP contribution in [0.5, 0.6) is 0 Å². The van der Waals surface area contributed by atoms with Gasteiger partial charge >= 0.3 is 0 Å². The molecule has 1 aliphatic rings. The minimum atomic E-state index is -0.358. The van der Waals surface area contributed by atoms with Crippen LogP contribution < -0.4 is 10.2 Å². The van der Waals surface area contributed by atoms with Crippen LogP contribution in [0.3, 0.4) is 0 Å². The number of halogens is 2. The molecule has 1 unspecified atom stereocenters. The van der Waals surface area contributed by atoms with Gasteiger partial charge in [0, 0.05) is 39.3 Å². The zero-order valence-corrected chi connectivity index (χ0v) is 15.3. The number of benzene rings is 1. The van der Waals surface area contributed by atoms with Gasteiger partial charge in [-0.05, 0) is 37.1 Å². The third-order valence-corrected chi connectivity index (χ3v) is 4.67. The number of rotatable bonds is 5. The first-order valence-electron chi connectivity index (χ1n) is 8.43. The normalized spacial score (nSPS) is 18.2. The summed E-state index contributed by atoms with van der Waals surface area (Å²) in [6.45, 7) is 2.62. The fraction of sp³-hybridized carbons (Fsp3) is 0.444. The first kappa shape index (κ1) is 17.9. The smallest absolute Gasteiger partial charge is 0.142 e. The first-order chi connectivity index (χ1) is 12.0. The number of nitrogens with zero attached hydrogens (tertiary/aromatic N) is 4. The maximum Gasteiger partial charge on any atom is 0.142 e. The van der Waals surface area contributed by atoms with Crippen molar-refractivity contribution in [3.05, 3.63) is 47.0 Å². The first-order valence-corrected chi connectivity index (χ1v) is 8.81. The summed E-state index contributed by atoms with van der Waals surface area (Å²) in [5.41, 5.74) is 0.944. The number of likely N-dealkylation sites (tertiary alicyclic amines) is 1. The molecule has 134 valence electrons. The van der Waals surface area contributed by atoms with E-state index in [1.54, 1.807) is 12.4 Å². The molecule has 1 N–H and O–H groups in total. The summed E-state index contributed by atoms with van der Waals surface area (Å²) in [6.07, 6.45) is 3.76. The topological polar surface area (TPSA) is 44.3 Å². The van der Waals surface area contributed by atoms with E-state index in [1.807, 2.05) is 31.1 Å². The number of anilines is 2. The van der Waals surface area contributed by atoms with E-state index in [9.17, 15) is 4.39 Å². The van der Waals surface area contributed by atoms with E-state index >= 15 is 0 Å². The van der Waals surface area contributed by atoms with Crippen molar-refractivity contribution < 1.29 is 4.39 Å². The Bertz CT molecular complexity index is 724.